The van der Waals surface area contributed by atoms with Crippen molar-refractivity contribution in [3.8, 4) is 22.6 Å². The number of hydrogen-bond donors (Lipinski definition) is 1. The molecule has 4 rings (SSSR count). The molecule has 0 spiro atoms. The number of anilines is 1. The first kappa shape index (κ1) is 24.5. The summed E-state index contributed by atoms with van der Waals surface area (Å²) in [6.07, 6.45) is 3.01. The van der Waals surface area contributed by atoms with Crippen LogP contribution in [0.3, 0.4) is 0 Å². The molecule has 4 aromatic rings. The number of nitrogens with one attached hydrogen (secondary N) is 1. The molecule has 184 valence electrons. The third-order valence-corrected chi connectivity index (χ3v) is 5.54. The van der Waals surface area contributed by atoms with Crippen LogP contribution in [0.5, 0.6) is 11.5 Å². The molecule has 0 unspecified atom stereocenters. The molecular formula is C27H23FN2O6. The number of nitro benzene ring substituents is 1. The lowest BCUT2D eigenvalue weighted by molar-refractivity contribution is -0.387. The molecule has 1 heterocycles. The lowest BCUT2D eigenvalue weighted by Crippen LogP contribution is -2.09. The van der Waals surface area contributed by atoms with Crippen LogP contribution in [0, 0.1) is 15.9 Å². The minimum atomic E-state index is -0.980. The van der Waals surface area contributed by atoms with Crippen LogP contribution in [-0.4, -0.2) is 24.5 Å². The Bertz CT molecular complexity index is 1490. The van der Waals surface area contributed by atoms with Crippen LogP contribution >= 0.6 is 0 Å². The minimum Gasteiger partial charge on any atom is -0.497 e. The molecule has 0 aliphatic rings. The molecule has 0 aliphatic carbocycles. The summed E-state index contributed by atoms with van der Waals surface area (Å²) in [6, 6.07) is 14.4. The number of ether oxygens (including phenoxy) is 2. The number of methoxy groups -OCH3 is 1. The van der Waals surface area contributed by atoms with Crippen molar-refractivity contribution in [3.05, 3.63) is 88.4 Å². The fourth-order valence-electron chi connectivity index (χ4n) is 3.84. The van der Waals surface area contributed by atoms with Gasteiger partial charge in [0.2, 0.25) is 11.7 Å². The Morgan fingerprint density at radius 3 is 2.72 bits per heavy atom. The molecule has 0 bridgehead atoms. The van der Waals surface area contributed by atoms with E-state index in [1.54, 1.807) is 26.4 Å². The first-order chi connectivity index (χ1) is 17.3. The second-order valence-electron chi connectivity index (χ2n) is 7.90. The molecule has 0 saturated carbocycles. The molecule has 1 aromatic heterocycles. The summed E-state index contributed by atoms with van der Waals surface area (Å²) in [4.78, 5) is 22.8. The second kappa shape index (κ2) is 10.3. The predicted octanol–water partition coefficient (Wildman–Crippen LogP) is 6.60. The van der Waals surface area contributed by atoms with Gasteiger partial charge in [-0.2, -0.15) is 4.39 Å². The zero-order valence-electron chi connectivity index (χ0n) is 19.8. The maximum atomic E-state index is 13.6. The quantitative estimate of drug-likeness (QED) is 0.170. The highest BCUT2D eigenvalue weighted by atomic mass is 19.1. The maximum Gasteiger partial charge on any atom is 0.306 e. The summed E-state index contributed by atoms with van der Waals surface area (Å²) < 4.78 is 30.5. The number of allylic oxidation sites excluding steroid dienone is 1. The van der Waals surface area contributed by atoms with E-state index in [-0.39, 0.29) is 5.69 Å². The van der Waals surface area contributed by atoms with E-state index >= 15 is 0 Å². The maximum absolute atomic E-state index is 13.6. The van der Waals surface area contributed by atoms with Gasteiger partial charge in [0.1, 0.15) is 17.1 Å². The summed E-state index contributed by atoms with van der Waals surface area (Å²) in [5, 5.41) is 14.3. The van der Waals surface area contributed by atoms with Crippen molar-refractivity contribution in [1.82, 2.24) is 0 Å². The number of benzene rings is 3. The van der Waals surface area contributed by atoms with E-state index in [2.05, 4.69) is 5.32 Å². The van der Waals surface area contributed by atoms with E-state index in [1.165, 1.54) is 12.1 Å². The van der Waals surface area contributed by atoms with Crippen LogP contribution in [0.25, 0.3) is 27.7 Å². The molecule has 0 atom stereocenters. The molecule has 0 radical (unpaired) electrons. The number of furan rings is 1. The van der Waals surface area contributed by atoms with Crippen molar-refractivity contribution < 1.29 is 28.0 Å². The Morgan fingerprint density at radius 2 is 2.00 bits per heavy atom. The highest BCUT2D eigenvalue weighted by molar-refractivity contribution is 6.05. The van der Waals surface area contributed by atoms with E-state index < -0.39 is 22.3 Å². The van der Waals surface area contributed by atoms with E-state index in [4.69, 9.17) is 13.9 Å². The normalized spacial score (nSPS) is 11.4. The lowest BCUT2D eigenvalue weighted by atomic mass is 9.99. The molecule has 9 heteroatoms. The van der Waals surface area contributed by atoms with Crippen LogP contribution in [-0.2, 0) is 4.79 Å². The van der Waals surface area contributed by atoms with Gasteiger partial charge in [0, 0.05) is 40.4 Å². The number of nitro groups is 1. The zero-order valence-corrected chi connectivity index (χ0v) is 19.8. The van der Waals surface area contributed by atoms with Gasteiger partial charge in [-0.15, -0.1) is 0 Å². The molecule has 1 N–H and O–H groups in total. The van der Waals surface area contributed by atoms with Crippen molar-refractivity contribution in [2.45, 2.75) is 13.8 Å². The molecule has 3 aromatic carbocycles. The average Bonchev–Trinajstić information content (AvgIpc) is 3.27. The summed E-state index contributed by atoms with van der Waals surface area (Å²) in [5.74, 6) is -0.264. The van der Waals surface area contributed by atoms with Gasteiger partial charge in [0.05, 0.1) is 24.9 Å². The fraction of sp³-hybridized carbons (Fsp3) is 0.148. The number of halogens is 1. The number of hydrogen-bond acceptors (Lipinski definition) is 6. The third-order valence-electron chi connectivity index (χ3n) is 5.54. The van der Waals surface area contributed by atoms with Crippen molar-refractivity contribution in [3.63, 3.8) is 0 Å². The topological polar surface area (TPSA) is 104 Å². The molecular weight excluding hydrogens is 467 g/mol. The number of rotatable bonds is 8. The third kappa shape index (κ3) is 5.05. The largest absolute Gasteiger partial charge is 0.497 e. The summed E-state index contributed by atoms with van der Waals surface area (Å²) >= 11 is 0. The van der Waals surface area contributed by atoms with E-state index in [0.717, 1.165) is 28.6 Å². The summed E-state index contributed by atoms with van der Waals surface area (Å²) in [5.41, 5.74) is 3.03. The zero-order chi connectivity index (χ0) is 25.8. The minimum absolute atomic E-state index is 0.104. The Morgan fingerprint density at radius 1 is 1.19 bits per heavy atom. The van der Waals surface area contributed by atoms with Gasteiger partial charge in [-0.25, -0.2) is 0 Å². The SMILES string of the molecule is CCOc1cc2occ(-c3cccc(OC)c3)c2cc1/C(C)=C/C(=O)Nc1ccc(F)c([N+](=O)[O-])c1. The Kier molecular flexibility index (Phi) is 7.00. The van der Waals surface area contributed by atoms with Crippen molar-refractivity contribution in [1.29, 1.82) is 0 Å². The van der Waals surface area contributed by atoms with Crippen LogP contribution in [0.15, 0.2) is 71.4 Å². The van der Waals surface area contributed by atoms with Gasteiger partial charge < -0.3 is 19.2 Å². The number of carbonyl (C=O) groups excluding carboxylic acids is 1. The molecule has 0 aliphatic heterocycles. The van der Waals surface area contributed by atoms with Crippen molar-refractivity contribution in [2.24, 2.45) is 0 Å². The van der Waals surface area contributed by atoms with Gasteiger partial charge >= 0.3 is 5.69 Å². The van der Waals surface area contributed by atoms with Crippen molar-refractivity contribution in [2.75, 3.05) is 19.0 Å². The Balaban J connectivity index is 1.71. The van der Waals surface area contributed by atoms with Gasteiger partial charge in [-0.3, -0.25) is 14.9 Å². The number of fused-ring (bicyclic) bond motifs is 1. The molecule has 36 heavy (non-hydrogen) atoms. The number of carbonyl (C=O) groups is 1. The number of nitrogens with zero attached hydrogens (tertiary/aromatic N) is 1. The monoisotopic (exact) mass is 490 g/mol. The van der Waals surface area contributed by atoms with E-state index in [0.29, 0.717) is 34.8 Å². The van der Waals surface area contributed by atoms with Gasteiger partial charge in [0.25, 0.3) is 0 Å². The summed E-state index contributed by atoms with van der Waals surface area (Å²) in [6.45, 7) is 4.01. The Labute approximate surface area is 206 Å². The fourth-order valence-corrected chi connectivity index (χ4v) is 3.84. The lowest BCUT2D eigenvalue weighted by Gasteiger charge is -2.12. The van der Waals surface area contributed by atoms with Crippen LogP contribution in [0.1, 0.15) is 19.4 Å². The van der Waals surface area contributed by atoms with Crippen molar-refractivity contribution >= 4 is 33.8 Å². The van der Waals surface area contributed by atoms with Gasteiger partial charge in [-0.1, -0.05) is 12.1 Å². The average molecular weight is 490 g/mol. The summed E-state index contributed by atoms with van der Waals surface area (Å²) in [7, 11) is 1.60. The molecule has 8 nitrogen and oxygen atoms in total. The first-order valence-corrected chi connectivity index (χ1v) is 11.1. The van der Waals surface area contributed by atoms with Gasteiger partial charge in [-0.05, 0) is 55.3 Å². The smallest absolute Gasteiger partial charge is 0.306 e. The van der Waals surface area contributed by atoms with E-state index in [9.17, 15) is 19.3 Å². The van der Waals surface area contributed by atoms with Gasteiger partial charge in [0.15, 0.2) is 0 Å². The number of amides is 1. The molecule has 0 fully saturated rings. The standard InChI is InChI=1S/C27H23FN2O6/c1-4-35-25-14-26-21(22(15-36-26)17-6-5-7-19(11-17)34-3)13-20(25)16(2)10-27(31)29-18-8-9-23(28)24(12-18)30(32)33/h5-15H,4H2,1-3H3,(H,29,31)/b16-10+. The van der Waals surface area contributed by atoms with Crippen LogP contribution in [0.4, 0.5) is 15.8 Å². The highest BCUT2D eigenvalue weighted by Gasteiger charge is 2.17. The van der Waals surface area contributed by atoms with Crippen LogP contribution < -0.4 is 14.8 Å². The van der Waals surface area contributed by atoms with Crippen LogP contribution in [0.2, 0.25) is 0 Å². The highest BCUT2D eigenvalue weighted by Crippen LogP contribution is 2.38. The molecule has 0 saturated heterocycles. The first-order valence-electron chi connectivity index (χ1n) is 11.1. The second-order valence-corrected chi connectivity index (χ2v) is 7.90. The Hall–Kier alpha value is -4.66. The predicted molar refractivity (Wildman–Crippen MR) is 135 cm³/mol. The molecule has 1 amide bonds. The van der Waals surface area contributed by atoms with E-state index in [1.807, 2.05) is 37.3 Å².